The molecule has 5 rings (SSSR count). The molecule has 7 nitrogen and oxygen atoms in total. The zero-order valence-corrected chi connectivity index (χ0v) is 17.3. The standard InChI is InChI=1S/C21H20BrN5O2/c22-19-18(12-29-15-5-7-28-8-6-15)26-21-16(11-25-27(21)20(19)23)14-9-13-3-1-2-4-17(13)24-10-14/h1-4,9-11,15H,5-8,12,23H2. The molecule has 0 bridgehead atoms. The molecule has 4 aromatic rings. The Kier molecular flexibility index (Phi) is 4.91. The molecule has 1 aliphatic rings. The number of benzene rings is 1. The van der Waals surface area contributed by atoms with Crippen molar-refractivity contribution in [2.45, 2.75) is 25.6 Å². The Morgan fingerprint density at radius 1 is 1.21 bits per heavy atom. The molecule has 4 heterocycles. The molecule has 0 unspecified atom stereocenters. The van der Waals surface area contributed by atoms with Crippen LogP contribution in [0.25, 0.3) is 27.7 Å². The van der Waals surface area contributed by atoms with E-state index >= 15 is 0 Å². The molecule has 29 heavy (non-hydrogen) atoms. The maximum absolute atomic E-state index is 6.33. The second-order valence-electron chi connectivity index (χ2n) is 7.09. The Hall–Kier alpha value is -2.55. The van der Waals surface area contributed by atoms with Crippen molar-refractivity contribution < 1.29 is 9.47 Å². The van der Waals surface area contributed by atoms with E-state index in [1.807, 2.05) is 30.5 Å². The van der Waals surface area contributed by atoms with Crippen molar-refractivity contribution in [3.8, 4) is 11.1 Å². The normalized spacial score (nSPS) is 15.3. The first kappa shape index (κ1) is 18.5. The van der Waals surface area contributed by atoms with E-state index in [1.165, 1.54) is 0 Å². The summed E-state index contributed by atoms with van der Waals surface area (Å²) in [7, 11) is 0. The number of nitrogens with zero attached hydrogens (tertiary/aromatic N) is 4. The Balaban J connectivity index is 1.53. The highest BCUT2D eigenvalue weighted by molar-refractivity contribution is 9.10. The number of anilines is 1. The molecule has 0 atom stereocenters. The number of rotatable bonds is 4. The molecule has 8 heteroatoms. The highest BCUT2D eigenvalue weighted by Crippen LogP contribution is 2.31. The lowest BCUT2D eigenvalue weighted by Gasteiger charge is -2.22. The predicted octanol–water partition coefficient (Wildman–Crippen LogP) is 3.98. The Morgan fingerprint density at radius 2 is 2.03 bits per heavy atom. The maximum atomic E-state index is 6.33. The van der Waals surface area contributed by atoms with Crippen molar-refractivity contribution in [3.63, 3.8) is 0 Å². The van der Waals surface area contributed by atoms with Crippen LogP contribution in [0.1, 0.15) is 18.5 Å². The van der Waals surface area contributed by atoms with Crippen molar-refractivity contribution in [1.29, 1.82) is 0 Å². The molecule has 0 saturated carbocycles. The Bertz CT molecular complexity index is 1190. The summed E-state index contributed by atoms with van der Waals surface area (Å²) in [5, 5.41) is 5.51. The zero-order chi connectivity index (χ0) is 19.8. The maximum Gasteiger partial charge on any atom is 0.165 e. The summed E-state index contributed by atoms with van der Waals surface area (Å²) in [6.45, 7) is 1.86. The molecule has 0 aliphatic carbocycles. The second-order valence-corrected chi connectivity index (χ2v) is 7.88. The van der Waals surface area contributed by atoms with Gasteiger partial charge >= 0.3 is 0 Å². The molecular weight excluding hydrogens is 434 g/mol. The van der Waals surface area contributed by atoms with Crippen molar-refractivity contribution in [2.24, 2.45) is 0 Å². The fraction of sp³-hybridized carbons (Fsp3) is 0.286. The quantitative estimate of drug-likeness (QED) is 0.502. The first-order valence-electron chi connectivity index (χ1n) is 9.57. The number of para-hydroxylation sites is 1. The van der Waals surface area contributed by atoms with Gasteiger partial charge in [-0.1, -0.05) is 18.2 Å². The largest absolute Gasteiger partial charge is 0.383 e. The number of fused-ring (bicyclic) bond motifs is 2. The van der Waals surface area contributed by atoms with E-state index in [2.05, 4.69) is 32.1 Å². The molecule has 0 amide bonds. The fourth-order valence-corrected chi connectivity index (χ4v) is 3.97. The van der Waals surface area contributed by atoms with Gasteiger partial charge in [-0.2, -0.15) is 9.61 Å². The topological polar surface area (TPSA) is 87.6 Å². The average molecular weight is 454 g/mol. The van der Waals surface area contributed by atoms with E-state index in [-0.39, 0.29) is 6.10 Å². The monoisotopic (exact) mass is 453 g/mol. The number of aromatic nitrogens is 4. The van der Waals surface area contributed by atoms with Crippen LogP contribution >= 0.6 is 15.9 Å². The minimum absolute atomic E-state index is 0.184. The number of ether oxygens (including phenoxy) is 2. The predicted molar refractivity (Wildman–Crippen MR) is 114 cm³/mol. The third-order valence-electron chi connectivity index (χ3n) is 5.22. The molecule has 2 N–H and O–H groups in total. The van der Waals surface area contributed by atoms with Crippen LogP contribution in [-0.4, -0.2) is 38.9 Å². The van der Waals surface area contributed by atoms with Gasteiger partial charge in [-0.15, -0.1) is 0 Å². The SMILES string of the molecule is Nc1c(Br)c(COC2CCOCC2)nc2c(-c3cnc4ccccc4c3)cnn12. The number of hydrogen-bond donors (Lipinski definition) is 1. The van der Waals surface area contributed by atoms with Crippen LogP contribution in [0.3, 0.4) is 0 Å². The molecule has 0 spiro atoms. The van der Waals surface area contributed by atoms with E-state index in [1.54, 1.807) is 10.7 Å². The minimum atomic E-state index is 0.184. The molecule has 3 aromatic heterocycles. The van der Waals surface area contributed by atoms with E-state index in [0.717, 1.165) is 53.8 Å². The number of halogens is 1. The second kappa shape index (κ2) is 7.70. The van der Waals surface area contributed by atoms with E-state index in [9.17, 15) is 0 Å². The lowest BCUT2D eigenvalue weighted by Crippen LogP contribution is -2.23. The highest BCUT2D eigenvalue weighted by Gasteiger charge is 2.19. The molecule has 1 aliphatic heterocycles. The Labute approximate surface area is 176 Å². The van der Waals surface area contributed by atoms with Crippen molar-refractivity contribution in [1.82, 2.24) is 19.6 Å². The third-order valence-corrected chi connectivity index (χ3v) is 6.08. The molecule has 1 fully saturated rings. The minimum Gasteiger partial charge on any atom is -0.383 e. The molecule has 1 saturated heterocycles. The van der Waals surface area contributed by atoms with Crippen molar-refractivity contribution in [3.05, 3.63) is 52.9 Å². The smallest absolute Gasteiger partial charge is 0.165 e. The number of nitrogen functional groups attached to an aromatic ring is 1. The van der Waals surface area contributed by atoms with Crippen molar-refractivity contribution in [2.75, 3.05) is 18.9 Å². The van der Waals surface area contributed by atoms with E-state index in [4.69, 9.17) is 20.2 Å². The van der Waals surface area contributed by atoms with Gasteiger partial charge in [0.2, 0.25) is 0 Å². The summed E-state index contributed by atoms with van der Waals surface area (Å²) in [6, 6.07) is 10.1. The van der Waals surface area contributed by atoms with Crippen LogP contribution in [0, 0.1) is 0 Å². The first-order chi connectivity index (χ1) is 14.2. The third kappa shape index (κ3) is 3.48. The van der Waals surface area contributed by atoms with Gasteiger partial charge in [0.05, 0.1) is 34.6 Å². The van der Waals surface area contributed by atoms with Gasteiger partial charge < -0.3 is 15.2 Å². The summed E-state index contributed by atoms with van der Waals surface area (Å²) in [5.41, 5.74) is 10.6. The lowest BCUT2D eigenvalue weighted by molar-refractivity contribution is -0.0400. The fourth-order valence-electron chi connectivity index (χ4n) is 3.60. The molecular formula is C21H20BrN5O2. The molecule has 148 valence electrons. The number of hydrogen-bond acceptors (Lipinski definition) is 6. The molecule has 1 aromatic carbocycles. The Morgan fingerprint density at radius 3 is 2.90 bits per heavy atom. The van der Waals surface area contributed by atoms with E-state index < -0.39 is 0 Å². The van der Waals surface area contributed by atoms with Gasteiger partial charge in [-0.05, 0) is 40.9 Å². The number of nitrogens with two attached hydrogens (primary N) is 1. The van der Waals surface area contributed by atoms with Gasteiger partial charge in [0.25, 0.3) is 0 Å². The highest BCUT2D eigenvalue weighted by atomic mass is 79.9. The van der Waals surface area contributed by atoms with Gasteiger partial charge in [0.15, 0.2) is 5.65 Å². The zero-order valence-electron chi connectivity index (χ0n) is 15.7. The van der Waals surface area contributed by atoms with Gasteiger partial charge in [-0.25, -0.2) is 4.98 Å². The van der Waals surface area contributed by atoms with Gasteiger partial charge in [0.1, 0.15) is 5.82 Å². The van der Waals surface area contributed by atoms with Crippen LogP contribution in [-0.2, 0) is 16.1 Å². The van der Waals surface area contributed by atoms with Gasteiger partial charge in [0, 0.05) is 35.9 Å². The van der Waals surface area contributed by atoms with Crippen LogP contribution in [0.15, 0.2) is 47.2 Å². The molecule has 0 radical (unpaired) electrons. The summed E-state index contributed by atoms with van der Waals surface area (Å²) in [4.78, 5) is 9.39. The van der Waals surface area contributed by atoms with Crippen molar-refractivity contribution >= 4 is 38.3 Å². The van der Waals surface area contributed by atoms with E-state index in [0.29, 0.717) is 22.5 Å². The van der Waals surface area contributed by atoms with Gasteiger partial charge in [-0.3, -0.25) is 4.98 Å². The number of pyridine rings is 1. The lowest BCUT2D eigenvalue weighted by atomic mass is 10.1. The van der Waals surface area contributed by atoms with Crippen LogP contribution < -0.4 is 5.73 Å². The summed E-state index contributed by atoms with van der Waals surface area (Å²) >= 11 is 3.56. The average Bonchev–Trinajstić information content (AvgIpc) is 3.19. The van der Waals surface area contributed by atoms with Crippen LogP contribution in [0.2, 0.25) is 0 Å². The first-order valence-corrected chi connectivity index (χ1v) is 10.4. The summed E-state index contributed by atoms with van der Waals surface area (Å²) < 4.78 is 13.8. The summed E-state index contributed by atoms with van der Waals surface area (Å²) in [5.74, 6) is 0.501. The van der Waals surface area contributed by atoms with Crippen LogP contribution in [0.5, 0.6) is 0 Å². The van der Waals surface area contributed by atoms with Crippen LogP contribution in [0.4, 0.5) is 5.82 Å². The summed E-state index contributed by atoms with van der Waals surface area (Å²) in [6.07, 6.45) is 5.60.